The molecule has 0 aliphatic carbocycles. The van der Waals surface area contributed by atoms with Gasteiger partial charge in [-0.15, -0.1) is 0 Å². The van der Waals surface area contributed by atoms with E-state index in [0.717, 1.165) is 28.1 Å². The Bertz CT molecular complexity index is 518. The lowest BCUT2D eigenvalue weighted by Crippen LogP contribution is -2.07. The van der Waals surface area contributed by atoms with E-state index in [1.807, 2.05) is 6.07 Å². The minimum atomic E-state index is 0.204. The van der Waals surface area contributed by atoms with Gasteiger partial charge in [0.15, 0.2) is 0 Å². The van der Waals surface area contributed by atoms with Crippen molar-refractivity contribution in [3.63, 3.8) is 0 Å². The molecule has 0 spiro atoms. The number of rotatable bonds is 4. The Morgan fingerprint density at radius 1 is 1.22 bits per heavy atom. The van der Waals surface area contributed by atoms with Gasteiger partial charge in [0.25, 0.3) is 0 Å². The average Bonchev–Trinajstić information content (AvgIpc) is 2.87. The number of furan rings is 1. The summed E-state index contributed by atoms with van der Waals surface area (Å²) in [6.45, 7) is 6.22. The number of hydrogen-bond donors (Lipinski definition) is 1. The van der Waals surface area contributed by atoms with E-state index in [9.17, 15) is 0 Å². The lowest BCUT2D eigenvalue weighted by Gasteiger charge is -2.18. The minimum Gasteiger partial charge on any atom is -0.496 e. The third kappa shape index (κ3) is 2.35. The van der Waals surface area contributed by atoms with Gasteiger partial charge in [0.1, 0.15) is 5.75 Å². The van der Waals surface area contributed by atoms with E-state index in [-0.39, 0.29) is 6.04 Å². The molecule has 0 saturated heterocycles. The maximum Gasteiger partial charge on any atom is 0.126 e. The van der Waals surface area contributed by atoms with E-state index < -0.39 is 0 Å². The largest absolute Gasteiger partial charge is 0.496 e. The van der Waals surface area contributed by atoms with Crippen LogP contribution in [0.5, 0.6) is 5.75 Å². The van der Waals surface area contributed by atoms with Crippen LogP contribution in [0.4, 0.5) is 5.69 Å². The molecule has 0 saturated carbocycles. The SMILES string of the molecule is COc1c(C)ccc(NC(C)c2ccoc2)c1C. The Kier molecular flexibility index (Phi) is 3.60. The monoisotopic (exact) mass is 245 g/mol. The zero-order chi connectivity index (χ0) is 13.1. The van der Waals surface area contributed by atoms with Gasteiger partial charge in [-0.05, 0) is 38.5 Å². The molecule has 0 radical (unpaired) electrons. The molecular weight excluding hydrogens is 226 g/mol. The van der Waals surface area contributed by atoms with Crippen LogP contribution in [0, 0.1) is 13.8 Å². The molecule has 0 fully saturated rings. The summed E-state index contributed by atoms with van der Waals surface area (Å²) in [5.74, 6) is 0.944. The van der Waals surface area contributed by atoms with Crippen molar-refractivity contribution in [2.75, 3.05) is 12.4 Å². The molecular formula is C15H19NO2. The number of methoxy groups -OCH3 is 1. The van der Waals surface area contributed by atoms with Crippen molar-refractivity contribution in [3.8, 4) is 5.75 Å². The van der Waals surface area contributed by atoms with Crippen LogP contribution in [0.25, 0.3) is 0 Å². The second kappa shape index (κ2) is 5.17. The van der Waals surface area contributed by atoms with Gasteiger partial charge in [0, 0.05) is 16.8 Å². The normalized spacial score (nSPS) is 12.2. The average molecular weight is 245 g/mol. The Labute approximate surface area is 108 Å². The van der Waals surface area contributed by atoms with Gasteiger partial charge in [0.2, 0.25) is 0 Å². The Balaban J connectivity index is 2.24. The van der Waals surface area contributed by atoms with Crippen molar-refractivity contribution in [2.45, 2.75) is 26.8 Å². The molecule has 1 aromatic carbocycles. The number of ether oxygens (including phenoxy) is 1. The lowest BCUT2D eigenvalue weighted by molar-refractivity contribution is 0.409. The van der Waals surface area contributed by atoms with Crippen LogP contribution in [0.1, 0.15) is 29.7 Å². The van der Waals surface area contributed by atoms with E-state index in [1.54, 1.807) is 19.6 Å². The molecule has 0 aliphatic heterocycles. The zero-order valence-electron chi connectivity index (χ0n) is 11.3. The van der Waals surface area contributed by atoms with Gasteiger partial charge in [-0.1, -0.05) is 6.07 Å². The molecule has 1 heterocycles. The third-order valence-electron chi connectivity index (χ3n) is 3.22. The lowest BCUT2D eigenvalue weighted by atomic mass is 10.1. The summed E-state index contributed by atoms with van der Waals surface area (Å²) in [5, 5.41) is 3.47. The van der Waals surface area contributed by atoms with Gasteiger partial charge < -0.3 is 14.5 Å². The molecule has 1 aromatic heterocycles. The first kappa shape index (κ1) is 12.6. The summed E-state index contributed by atoms with van der Waals surface area (Å²) in [7, 11) is 1.71. The molecule has 3 heteroatoms. The van der Waals surface area contributed by atoms with Crippen molar-refractivity contribution < 1.29 is 9.15 Å². The fourth-order valence-electron chi connectivity index (χ4n) is 2.14. The van der Waals surface area contributed by atoms with E-state index in [4.69, 9.17) is 9.15 Å². The first-order valence-electron chi connectivity index (χ1n) is 6.06. The molecule has 2 rings (SSSR count). The second-order valence-corrected chi connectivity index (χ2v) is 4.51. The predicted octanol–water partition coefficient (Wildman–Crippen LogP) is 4.08. The molecule has 1 atom stereocenters. The molecule has 0 aliphatic rings. The zero-order valence-corrected chi connectivity index (χ0v) is 11.3. The molecule has 0 bridgehead atoms. The molecule has 1 N–H and O–H groups in total. The summed E-state index contributed by atoms with van der Waals surface area (Å²) in [6.07, 6.45) is 3.45. The van der Waals surface area contributed by atoms with Crippen LogP contribution in [-0.4, -0.2) is 7.11 Å². The number of hydrogen-bond acceptors (Lipinski definition) is 3. The third-order valence-corrected chi connectivity index (χ3v) is 3.22. The molecule has 96 valence electrons. The standard InChI is InChI=1S/C15H19NO2/c1-10-5-6-14(11(2)15(10)17-4)16-12(3)13-7-8-18-9-13/h5-9,12,16H,1-4H3. The summed E-state index contributed by atoms with van der Waals surface area (Å²) in [4.78, 5) is 0. The quantitative estimate of drug-likeness (QED) is 0.881. The summed E-state index contributed by atoms with van der Waals surface area (Å²) in [5.41, 5.74) is 4.50. The van der Waals surface area contributed by atoms with Crippen LogP contribution in [0.2, 0.25) is 0 Å². The Hall–Kier alpha value is -1.90. The summed E-state index contributed by atoms with van der Waals surface area (Å²) in [6, 6.07) is 6.33. The molecule has 0 amide bonds. The second-order valence-electron chi connectivity index (χ2n) is 4.51. The van der Waals surface area contributed by atoms with Gasteiger partial charge >= 0.3 is 0 Å². The van der Waals surface area contributed by atoms with Crippen molar-refractivity contribution in [3.05, 3.63) is 47.4 Å². The van der Waals surface area contributed by atoms with Crippen LogP contribution in [0.3, 0.4) is 0 Å². The number of anilines is 1. The molecule has 2 aromatic rings. The number of nitrogens with one attached hydrogen (secondary N) is 1. The predicted molar refractivity (Wildman–Crippen MR) is 73.2 cm³/mol. The van der Waals surface area contributed by atoms with Crippen LogP contribution in [0.15, 0.2) is 35.1 Å². The van der Waals surface area contributed by atoms with E-state index in [1.165, 1.54) is 0 Å². The smallest absolute Gasteiger partial charge is 0.126 e. The van der Waals surface area contributed by atoms with Gasteiger partial charge in [-0.3, -0.25) is 0 Å². The van der Waals surface area contributed by atoms with Crippen LogP contribution in [-0.2, 0) is 0 Å². The van der Waals surface area contributed by atoms with Crippen molar-refractivity contribution in [2.24, 2.45) is 0 Å². The van der Waals surface area contributed by atoms with Gasteiger partial charge in [-0.2, -0.15) is 0 Å². The first-order chi connectivity index (χ1) is 8.63. The Morgan fingerprint density at radius 2 is 2.00 bits per heavy atom. The topological polar surface area (TPSA) is 34.4 Å². The van der Waals surface area contributed by atoms with Gasteiger partial charge in [-0.25, -0.2) is 0 Å². The number of benzene rings is 1. The minimum absolute atomic E-state index is 0.204. The van der Waals surface area contributed by atoms with E-state index in [0.29, 0.717) is 0 Å². The summed E-state index contributed by atoms with van der Waals surface area (Å²) >= 11 is 0. The summed E-state index contributed by atoms with van der Waals surface area (Å²) < 4.78 is 10.5. The molecule has 1 unspecified atom stereocenters. The highest BCUT2D eigenvalue weighted by Crippen LogP contribution is 2.31. The van der Waals surface area contributed by atoms with Crippen molar-refractivity contribution in [1.29, 1.82) is 0 Å². The maximum atomic E-state index is 5.43. The molecule has 18 heavy (non-hydrogen) atoms. The van der Waals surface area contributed by atoms with Gasteiger partial charge in [0.05, 0.1) is 25.7 Å². The van der Waals surface area contributed by atoms with Crippen LogP contribution < -0.4 is 10.1 Å². The fraction of sp³-hybridized carbons (Fsp3) is 0.333. The highest BCUT2D eigenvalue weighted by Gasteiger charge is 2.11. The van der Waals surface area contributed by atoms with Crippen LogP contribution >= 0.6 is 0 Å². The highest BCUT2D eigenvalue weighted by atomic mass is 16.5. The first-order valence-corrected chi connectivity index (χ1v) is 6.06. The van der Waals surface area contributed by atoms with E-state index in [2.05, 4.69) is 38.2 Å². The van der Waals surface area contributed by atoms with Crippen molar-refractivity contribution >= 4 is 5.69 Å². The maximum absolute atomic E-state index is 5.43. The highest BCUT2D eigenvalue weighted by molar-refractivity contribution is 5.60. The van der Waals surface area contributed by atoms with Crippen molar-refractivity contribution in [1.82, 2.24) is 0 Å². The van der Waals surface area contributed by atoms with E-state index >= 15 is 0 Å². The fourth-order valence-corrected chi connectivity index (χ4v) is 2.14. The number of aryl methyl sites for hydroxylation is 1. The Morgan fingerprint density at radius 3 is 2.61 bits per heavy atom. The molecule has 3 nitrogen and oxygen atoms in total.